The molecule has 0 atom stereocenters. The highest BCUT2D eigenvalue weighted by Crippen LogP contribution is 2.17. The number of rotatable bonds is 10. The Morgan fingerprint density at radius 3 is 1.26 bits per heavy atom. The van der Waals surface area contributed by atoms with E-state index in [0.29, 0.717) is 0 Å². The number of hydrogen-bond donors (Lipinski definition) is 2. The summed E-state index contributed by atoms with van der Waals surface area (Å²) in [4.78, 5) is 0. The third-order valence-electron chi connectivity index (χ3n) is 3.46. The maximum atomic E-state index is 8.80. The van der Waals surface area contributed by atoms with Crippen LogP contribution in [-0.2, 0) is 17.9 Å². The number of thioether (sulfide) groups is 2. The first kappa shape index (κ1) is 18.4. The van der Waals surface area contributed by atoms with Crippen molar-refractivity contribution in [2.45, 2.75) is 17.9 Å². The molecule has 0 bridgehead atoms. The molecular formula is C19H24O2S2. The molecule has 4 heteroatoms. The van der Waals surface area contributed by atoms with Crippen molar-refractivity contribution in [3.63, 3.8) is 0 Å². The van der Waals surface area contributed by atoms with Gasteiger partial charge in [0, 0.05) is 23.0 Å². The molecule has 0 saturated heterocycles. The lowest BCUT2D eigenvalue weighted by molar-refractivity contribution is 0.322. The van der Waals surface area contributed by atoms with E-state index in [1.54, 1.807) is 23.5 Å². The summed E-state index contributed by atoms with van der Waals surface area (Å²) in [5.41, 5.74) is 5.26. The average molecular weight is 349 g/mol. The van der Waals surface area contributed by atoms with Crippen LogP contribution in [-0.4, -0.2) is 34.9 Å². The second kappa shape index (κ2) is 10.8. The van der Waals surface area contributed by atoms with E-state index in [2.05, 4.69) is 48.5 Å². The standard InChI is InChI=1S/C19H24O2S2/c20-9-11-22-14-18-5-1-16(2-6-18)13-17-3-7-19(8-4-17)15-23-12-10-21/h1-8,20-21H,9-15H2. The van der Waals surface area contributed by atoms with Crippen molar-refractivity contribution < 1.29 is 10.2 Å². The van der Waals surface area contributed by atoms with E-state index in [0.717, 1.165) is 29.4 Å². The average Bonchev–Trinajstić information content (AvgIpc) is 2.58. The van der Waals surface area contributed by atoms with Crippen LogP contribution in [0.15, 0.2) is 48.5 Å². The van der Waals surface area contributed by atoms with Crippen molar-refractivity contribution in [2.75, 3.05) is 24.7 Å². The lowest BCUT2D eigenvalue weighted by atomic mass is 10.0. The molecule has 0 heterocycles. The maximum absolute atomic E-state index is 8.80. The highest BCUT2D eigenvalue weighted by molar-refractivity contribution is 7.98. The summed E-state index contributed by atoms with van der Waals surface area (Å²) >= 11 is 3.52. The molecule has 0 unspecified atom stereocenters. The number of benzene rings is 2. The van der Waals surface area contributed by atoms with Crippen molar-refractivity contribution in [1.82, 2.24) is 0 Å². The molecule has 0 saturated carbocycles. The van der Waals surface area contributed by atoms with E-state index >= 15 is 0 Å². The van der Waals surface area contributed by atoms with Gasteiger partial charge in [-0.05, 0) is 28.7 Å². The Hall–Kier alpha value is -0.940. The zero-order valence-corrected chi connectivity index (χ0v) is 14.9. The SMILES string of the molecule is OCCSCc1ccc(Cc2ccc(CSCCO)cc2)cc1. The fourth-order valence-electron chi connectivity index (χ4n) is 2.25. The van der Waals surface area contributed by atoms with Gasteiger partial charge in [0.2, 0.25) is 0 Å². The molecule has 0 spiro atoms. The van der Waals surface area contributed by atoms with Crippen LogP contribution in [0.25, 0.3) is 0 Å². The van der Waals surface area contributed by atoms with Crippen LogP contribution in [0.3, 0.4) is 0 Å². The first-order valence-corrected chi connectivity index (χ1v) is 10.2. The van der Waals surface area contributed by atoms with Crippen LogP contribution in [0.1, 0.15) is 22.3 Å². The zero-order valence-electron chi connectivity index (χ0n) is 13.3. The molecule has 0 aliphatic carbocycles. The fourth-order valence-corrected chi connectivity index (χ4v) is 3.65. The Morgan fingerprint density at radius 2 is 0.913 bits per heavy atom. The van der Waals surface area contributed by atoms with Crippen LogP contribution in [0.2, 0.25) is 0 Å². The van der Waals surface area contributed by atoms with Crippen LogP contribution in [0.5, 0.6) is 0 Å². The predicted octanol–water partition coefficient (Wildman–Crippen LogP) is 3.73. The highest BCUT2D eigenvalue weighted by Gasteiger charge is 1.99. The molecule has 0 amide bonds. The molecule has 2 nitrogen and oxygen atoms in total. The molecular weight excluding hydrogens is 324 g/mol. The smallest absolute Gasteiger partial charge is 0.0521 e. The quantitative estimate of drug-likeness (QED) is 0.642. The van der Waals surface area contributed by atoms with Gasteiger partial charge in [-0.3, -0.25) is 0 Å². The third kappa shape index (κ3) is 7.00. The molecule has 0 aromatic heterocycles. The van der Waals surface area contributed by atoms with Crippen LogP contribution in [0, 0.1) is 0 Å². The predicted molar refractivity (Wildman–Crippen MR) is 102 cm³/mol. The number of aliphatic hydroxyl groups excluding tert-OH is 2. The maximum Gasteiger partial charge on any atom is 0.0521 e. The summed E-state index contributed by atoms with van der Waals surface area (Å²) in [6, 6.07) is 17.5. The summed E-state index contributed by atoms with van der Waals surface area (Å²) in [5.74, 6) is 3.51. The van der Waals surface area contributed by atoms with Crippen LogP contribution in [0.4, 0.5) is 0 Å². The zero-order chi connectivity index (χ0) is 16.3. The second-order valence-electron chi connectivity index (χ2n) is 5.36. The highest BCUT2D eigenvalue weighted by atomic mass is 32.2. The van der Waals surface area contributed by atoms with Crippen molar-refractivity contribution >= 4 is 23.5 Å². The second-order valence-corrected chi connectivity index (χ2v) is 7.57. The Balaban J connectivity index is 1.84. The molecule has 0 aliphatic rings. The summed E-state index contributed by atoms with van der Waals surface area (Å²) in [6.45, 7) is 0.495. The molecule has 23 heavy (non-hydrogen) atoms. The summed E-state index contributed by atoms with van der Waals surface area (Å²) in [6.07, 6.45) is 0.953. The Kier molecular flexibility index (Phi) is 8.61. The minimum Gasteiger partial charge on any atom is -0.396 e. The van der Waals surface area contributed by atoms with Crippen molar-refractivity contribution in [3.05, 3.63) is 70.8 Å². The third-order valence-corrected chi connectivity index (χ3v) is 5.48. The summed E-state index contributed by atoms with van der Waals surface area (Å²) in [7, 11) is 0. The van der Waals surface area contributed by atoms with Crippen LogP contribution < -0.4 is 0 Å². The van der Waals surface area contributed by atoms with Crippen LogP contribution >= 0.6 is 23.5 Å². The van der Waals surface area contributed by atoms with Gasteiger partial charge in [-0.1, -0.05) is 48.5 Å². The topological polar surface area (TPSA) is 40.5 Å². The van der Waals surface area contributed by atoms with Crippen molar-refractivity contribution in [3.8, 4) is 0 Å². The lowest BCUT2D eigenvalue weighted by Gasteiger charge is -2.06. The van der Waals surface area contributed by atoms with Crippen molar-refractivity contribution in [2.24, 2.45) is 0 Å². The normalized spacial score (nSPS) is 10.9. The van der Waals surface area contributed by atoms with Gasteiger partial charge in [-0.2, -0.15) is 23.5 Å². The van der Waals surface area contributed by atoms with Crippen molar-refractivity contribution in [1.29, 1.82) is 0 Å². The minimum atomic E-state index is 0.247. The number of hydrogen-bond acceptors (Lipinski definition) is 4. The Bertz CT molecular complexity index is 501. The van der Waals surface area contributed by atoms with Gasteiger partial charge in [-0.25, -0.2) is 0 Å². The summed E-state index contributed by atoms with van der Waals surface area (Å²) in [5, 5.41) is 17.6. The fraction of sp³-hybridized carbons (Fsp3) is 0.368. The monoisotopic (exact) mass is 348 g/mol. The van der Waals surface area contributed by atoms with E-state index in [4.69, 9.17) is 10.2 Å². The molecule has 0 radical (unpaired) electrons. The molecule has 2 rings (SSSR count). The molecule has 2 aromatic carbocycles. The molecule has 2 N–H and O–H groups in total. The molecule has 0 aliphatic heterocycles. The Labute approximate surface area is 147 Å². The Morgan fingerprint density at radius 1 is 0.565 bits per heavy atom. The van der Waals surface area contributed by atoms with E-state index < -0.39 is 0 Å². The van der Waals surface area contributed by atoms with Gasteiger partial charge in [0.05, 0.1) is 13.2 Å². The van der Waals surface area contributed by atoms with Gasteiger partial charge in [-0.15, -0.1) is 0 Å². The van der Waals surface area contributed by atoms with E-state index in [-0.39, 0.29) is 13.2 Å². The molecule has 0 fully saturated rings. The van der Waals surface area contributed by atoms with E-state index in [1.807, 2.05) is 0 Å². The first-order valence-electron chi connectivity index (χ1n) is 7.84. The lowest BCUT2D eigenvalue weighted by Crippen LogP contribution is -1.92. The van der Waals surface area contributed by atoms with Gasteiger partial charge in [0.25, 0.3) is 0 Å². The van der Waals surface area contributed by atoms with E-state index in [9.17, 15) is 0 Å². The van der Waals surface area contributed by atoms with Gasteiger partial charge in [0.15, 0.2) is 0 Å². The first-order chi connectivity index (χ1) is 11.3. The minimum absolute atomic E-state index is 0.247. The summed E-state index contributed by atoms with van der Waals surface area (Å²) < 4.78 is 0. The molecule has 124 valence electrons. The number of aliphatic hydroxyl groups is 2. The largest absolute Gasteiger partial charge is 0.396 e. The van der Waals surface area contributed by atoms with Gasteiger partial charge in [0.1, 0.15) is 0 Å². The van der Waals surface area contributed by atoms with E-state index in [1.165, 1.54) is 22.3 Å². The molecule has 2 aromatic rings. The van der Waals surface area contributed by atoms with Gasteiger partial charge >= 0.3 is 0 Å². The van der Waals surface area contributed by atoms with Gasteiger partial charge < -0.3 is 10.2 Å².